The van der Waals surface area contributed by atoms with Crippen LogP contribution >= 0.6 is 0 Å². The van der Waals surface area contributed by atoms with Gasteiger partial charge < -0.3 is 41.9 Å². The average molecular weight is 699 g/mol. The summed E-state index contributed by atoms with van der Waals surface area (Å²) in [6.45, 7) is 0. The Kier molecular flexibility index (Phi) is 13.4. The number of carbonyl (C=O) groups excluding carboxylic acids is 6. The van der Waals surface area contributed by atoms with Crippen LogP contribution in [0, 0.1) is 5.92 Å². The fourth-order valence-corrected chi connectivity index (χ4v) is 5.63. The molecule has 268 valence electrons. The van der Waals surface area contributed by atoms with E-state index in [4.69, 9.17) is 11.5 Å². The Balaban J connectivity index is 1.56. The summed E-state index contributed by atoms with van der Waals surface area (Å²) >= 11 is 0. The molecule has 8 N–H and O–H groups in total. The fraction of sp³-hybridized carbons (Fsp3) is 0.297. The van der Waals surface area contributed by atoms with Crippen LogP contribution in [0.3, 0.4) is 0 Å². The Labute approximate surface area is 294 Å². The lowest BCUT2D eigenvalue weighted by molar-refractivity contribution is -0.159. The van der Waals surface area contributed by atoms with Crippen LogP contribution in [0.2, 0.25) is 0 Å². The number of hydrogen-bond donors (Lipinski definition) is 6. The summed E-state index contributed by atoms with van der Waals surface area (Å²) in [7, 11) is 2.11. The molecule has 14 nitrogen and oxygen atoms in total. The number of aromatic nitrogens is 1. The predicted octanol–water partition coefficient (Wildman–Crippen LogP) is 0.815. The summed E-state index contributed by atoms with van der Waals surface area (Å²) in [5.41, 5.74) is 15.0. The van der Waals surface area contributed by atoms with Crippen LogP contribution in [0.15, 0.2) is 91.1 Å². The molecule has 0 radical (unpaired) electrons. The van der Waals surface area contributed by atoms with E-state index in [-0.39, 0.29) is 19.3 Å². The number of H-pyrrole nitrogens is 1. The standard InChI is InChI=1S/C37H42N6O8/c1-50-36(48)26(37(49)51-2)20-29(32(39)44)41-34(46)31(18-23-13-7-4-8-14-23)43-35(47)30(17-22-11-5-3-6-12-22)42-33(45)27(38)19-24-21-40-28-16-10-9-15-25(24)28/h3-16,21,26-27,29-31,40H,17-20,38H2,1-2H3,(H2,39,44)(H,41,46)(H,42,45)(H,43,47)/t27-,29+,30-,31-/m1/s1. The third-order valence-electron chi connectivity index (χ3n) is 8.39. The Hall–Kier alpha value is -6.02. The van der Waals surface area contributed by atoms with Crippen LogP contribution in [-0.2, 0) is 57.5 Å². The van der Waals surface area contributed by atoms with Crippen molar-refractivity contribution in [3.05, 3.63) is 108 Å². The van der Waals surface area contributed by atoms with Crippen molar-refractivity contribution in [3.63, 3.8) is 0 Å². The van der Waals surface area contributed by atoms with Gasteiger partial charge in [0.2, 0.25) is 23.6 Å². The first-order valence-corrected chi connectivity index (χ1v) is 16.2. The van der Waals surface area contributed by atoms with Gasteiger partial charge >= 0.3 is 11.9 Å². The van der Waals surface area contributed by atoms with Gasteiger partial charge in [-0.2, -0.15) is 0 Å². The molecule has 1 aromatic heterocycles. The highest BCUT2D eigenvalue weighted by atomic mass is 16.5. The molecule has 14 heteroatoms. The minimum atomic E-state index is -1.56. The number of carbonyl (C=O) groups is 6. The van der Waals surface area contributed by atoms with Gasteiger partial charge in [-0.25, -0.2) is 0 Å². The molecule has 0 saturated carbocycles. The number of nitrogens with two attached hydrogens (primary N) is 2. The van der Waals surface area contributed by atoms with E-state index in [1.807, 2.05) is 30.3 Å². The number of benzene rings is 3. The molecule has 0 aliphatic carbocycles. The van der Waals surface area contributed by atoms with Gasteiger partial charge in [0.25, 0.3) is 0 Å². The predicted molar refractivity (Wildman–Crippen MR) is 187 cm³/mol. The van der Waals surface area contributed by atoms with Gasteiger partial charge in [-0.05, 0) is 29.2 Å². The van der Waals surface area contributed by atoms with E-state index < -0.39 is 72.1 Å². The van der Waals surface area contributed by atoms with Crippen molar-refractivity contribution in [1.29, 1.82) is 0 Å². The Morgan fingerprint density at radius 3 is 1.63 bits per heavy atom. The molecule has 4 amide bonds. The average Bonchev–Trinajstić information content (AvgIpc) is 3.55. The molecule has 4 rings (SSSR count). The third-order valence-corrected chi connectivity index (χ3v) is 8.39. The number of aromatic amines is 1. The highest BCUT2D eigenvalue weighted by Crippen LogP contribution is 2.19. The highest BCUT2D eigenvalue weighted by molar-refractivity contribution is 5.97. The van der Waals surface area contributed by atoms with Gasteiger partial charge in [0.1, 0.15) is 18.1 Å². The van der Waals surface area contributed by atoms with Crippen molar-refractivity contribution in [1.82, 2.24) is 20.9 Å². The molecule has 4 aromatic rings. The van der Waals surface area contributed by atoms with E-state index in [1.165, 1.54) is 0 Å². The monoisotopic (exact) mass is 698 g/mol. The molecule has 0 fully saturated rings. The summed E-state index contributed by atoms with van der Waals surface area (Å²) in [6.07, 6.45) is 1.49. The molecule has 0 aliphatic rings. The zero-order chi connectivity index (χ0) is 36.9. The summed E-state index contributed by atoms with van der Waals surface area (Å²) in [4.78, 5) is 81.4. The number of fused-ring (bicyclic) bond motifs is 1. The van der Waals surface area contributed by atoms with Gasteiger partial charge in [0, 0.05) is 36.4 Å². The number of ether oxygens (including phenoxy) is 2. The van der Waals surface area contributed by atoms with Crippen molar-refractivity contribution in [2.45, 2.75) is 49.9 Å². The minimum absolute atomic E-state index is 0.0204. The maximum Gasteiger partial charge on any atom is 0.320 e. The lowest BCUT2D eigenvalue weighted by atomic mass is 9.98. The molecule has 0 aliphatic heterocycles. The van der Waals surface area contributed by atoms with Gasteiger partial charge in [0.05, 0.1) is 20.3 Å². The normalized spacial score (nSPS) is 13.3. The number of esters is 2. The topological polar surface area (TPSA) is 225 Å². The second-order valence-corrected chi connectivity index (χ2v) is 12.0. The summed E-state index contributed by atoms with van der Waals surface area (Å²) in [6, 6.07) is 20.4. The van der Waals surface area contributed by atoms with Crippen LogP contribution in [0.5, 0.6) is 0 Å². The van der Waals surface area contributed by atoms with Crippen molar-refractivity contribution in [3.8, 4) is 0 Å². The summed E-state index contributed by atoms with van der Waals surface area (Å²) in [5, 5.41) is 8.87. The smallest absolute Gasteiger partial charge is 0.320 e. The number of hydrogen-bond acceptors (Lipinski definition) is 9. The SMILES string of the molecule is COC(=O)C(C[C@H](NC(=O)[C@@H](Cc1ccccc1)NC(=O)[C@@H](Cc1ccccc1)NC(=O)[C@H](N)Cc1c[nH]c2ccccc12)C(N)=O)C(=O)OC. The number of nitrogens with one attached hydrogen (secondary N) is 4. The molecule has 51 heavy (non-hydrogen) atoms. The Morgan fingerprint density at radius 2 is 1.12 bits per heavy atom. The number of rotatable bonds is 17. The summed E-state index contributed by atoms with van der Waals surface area (Å²) < 4.78 is 9.33. The lowest BCUT2D eigenvalue weighted by Gasteiger charge is -2.26. The van der Waals surface area contributed by atoms with Crippen LogP contribution in [0.4, 0.5) is 0 Å². The van der Waals surface area contributed by atoms with Crippen LogP contribution in [0.25, 0.3) is 10.9 Å². The first-order valence-electron chi connectivity index (χ1n) is 16.2. The number of primary amides is 1. The van der Waals surface area contributed by atoms with Crippen molar-refractivity contribution >= 4 is 46.5 Å². The highest BCUT2D eigenvalue weighted by Gasteiger charge is 2.36. The molecule has 0 bridgehead atoms. The first-order chi connectivity index (χ1) is 24.5. The van der Waals surface area contributed by atoms with Crippen molar-refractivity contribution in [2.24, 2.45) is 17.4 Å². The molecule has 0 unspecified atom stereocenters. The van der Waals surface area contributed by atoms with Crippen LogP contribution < -0.4 is 27.4 Å². The van der Waals surface area contributed by atoms with E-state index in [2.05, 4.69) is 30.4 Å². The van der Waals surface area contributed by atoms with E-state index >= 15 is 0 Å². The van der Waals surface area contributed by atoms with Gasteiger partial charge in [-0.3, -0.25) is 28.8 Å². The fourth-order valence-electron chi connectivity index (χ4n) is 5.63. The minimum Gasteiger partial charge on any atom is -0.468 e. The van der Waals surface area contributed by atoms with E-state index in [1.54, 1.807) is 60.8 Å². The quantitative estimate of drug-likeness (QED) is 0.0677. The zero-order valence-corrected chi connectivity index (χ0v) is 28.3. The van der Waals surface area contributed by atoms with Gasteiger partial charge in [-0.1, -0.05) is 78.9 Å². The molecular formula is C37H42N6O8. The van der Waals surface area contributed by atoms with Crippen LogP contribution in [0.1, 0.15) is 23.1 Å². The lowest BCUT2D eigenvalue weighted by Crippen LogP contribution is -2.59. The molecular weight excluding hydrogens is 656 g/mol. The van der Waals surface area contributed by atoms with Crippen molar-refractivity contribution < 1.29 is 38.2 Å². The van der Waals surface area contributed by atoms with E-state index in [0.29, 0.717) is 5.56 Å². The van der Waals surface area contributed by atoms with E-state index in [0.717, 1.165) is 36.2 Å². The molecule has 1 heterocycles. The second-order valence-electron chi connectivity index (χ2n) is 12.0. The van der Waals surface area contributed by atoms with Gasteiger partial charge in [-0.15, -0.1) is 0 Å². The Bertz CT molecular complexity index is 1810. The Morgan fingerprint density at radius 1 is 0.647 bits per heavy atom. The maximum absolute atomic E-state index is 14.0. The largest absolute Gasteiger partial charge is 0.468 e. The zero-order valence-electron chi connectivity index (χ0n) is 28.3. The third kappa shape index (κ3) is 10.5. The molecule has 4 atom stereocenters. The molecule has 0 saturated heterocycles. The second kappa shape index (κ2) is 18.1. The number of methoxy groups -OCH3 is 2. The maximum atomic E-state index is 14.0. The molecule has 0 spiro atoms. The molecule has 3 aromatic carbocycles. The number of para-hydroxylation sites is 1. The van der Waals surface area contributed by atoms with Gasteiger partial charge in [0.15, 0.2) is 5.92 Å². The van der Waals surface area contributed by atoms with Crippen molar-refractivity contribution in [2.75, 3.05) is 14.2 Å². The van der Waals surface area contributed by atoms with Crippen LogP contribution in [-0.4, -0.2) is 78.9 Å². The summed E-state index contributed by atoms with van der Waals surface area (Å²) in [5.74, 6) is -6.67. The first kappa shape index (κ1) is 37.8. The number of amides is 4. The van der Waals surface area contributed by atoms with E-state index in [9.17, 15) is 28.8 Å².